The lowest BCUT2D eigenvalue weighted by Crippen LogP contribution is -2.02. The molecule has 1 heterocycles. The van der Waals surface area contributed by atoms with Gasteiger partial charge in [-0.05, 0) is 42.9 Å². The third-order valence-electron chi connectivity index (χ3n) is 3.28. The number of halogens is 1. The molecule has 0 radical (unpaired) electrons. The van der Waals surface area contributed by atoms with E-state index in [2.05, 4.69) is 23.2 Å². The monoisotopic (exact) mass is 263 g/mol. The van der Waals surface area contributed by atoms with Crippen molar-refractivity contribution in [2.45, 2.75) is 31.6 Å². The first-order chi connectivity index (χ1) is 8.36. The van der Waals surface area contributed by atoms with Crippen LogP contribution >= 0.6 is 22.9 Å². The van der Waals surface area contributed by atoms with Crippen LogP contribution in [0.25, 0.3) is 10.6 Å². The van der Waals surface area contributed by atoms with Gasteiger partial charge in [0.2, 0.25) is 0 Å². The van der Waals surface area contributed by atoms with Crippen molar-refractivity contribution in [2.75, 3.05) is 0 Å². The SMILES string of the molecule is ClCc1csc(-c2ccc3c(c2)CCCC3)n1. The van der Waals surface area contributed by atoms with Crippen molar-refractivity contribution in [2.24, 2.45) is 0 Å². The maximum Gasteiger partial charge on any atom is 0.123 e. The number of alkyl halides is 1. The average molecular weight is 264 g/mol. The largest absolute Gasteiger partial charge is 0.240 e. The molecule has 0 N–H and O–H groups in total. The first kappa shape index (κ1) is 11.2. The van der Waals surface area contributed by atoms with Gasteiger partial charge in [-0.25, -0.2) is 4.98 Å². The molecule has 1 aliphatic carbocycles. The van der Waals surface area contributed by atoms with E-state index < -0.39 is 0 Å². The molecule has 0 saturated heterocycles. The number of hydrogen-bond acceptors (Lipinski definition) is 2. The van der Waals surface area contributed by atoms with E-state index in [0.717, 1.165) is 10.7 Å². The molecule has 0 atom stereocenters. The molecule has 0 amide bonds. The van der Waals surface area contributed by atoms with Gasteiger partial charge in [0.15, 0.2) is 0 Å². The van der Waals surface area contributed by atoms with Gasteiger partial charge in [0.1, 0.15) is 5.01 Å². The van der Waals surface area contributed by atoms with Gasteiger partial charge in [-0.1, -0.05) is 12.1 Å². The van der Waals surface area contributed by atoms with E-state index in [-0.39, 0.29) is 0 Å². The normalized spacial score (nSPS) is 14.6. The maximum absolute atomic E-state index is 5.79. The molecule has 3 rings (SSSR count). The molecule has 0 saturated carbocycles. The van der Waals surface area contributed by atoms with Crippen LogP contribution in [0.1, 0.15) is 29.7 Å². The number of thiazole rings is 1. The van der Waals surface area contributed by atoms with Crippen LogP contribution in [0.15, 0.2) is 23.6 Å². The molecule has 2 aromatic rings. The minimum Gasteiger partial charge on any atom is -0.240 e. The zero-order valence-corrected chi connectivity index (χ0v) is 11.2. The first-order valence-electron chi connectivity index (χ1n) is 5.99. The Hall–Kier alpha value is -0.860. The van der Waals surface area contributed by atoms with Gasteiger partial charge in [0.25, 0.3) is 0 Å². The number of rotatable bonds is 2. The molecular weight excluding hydrogens is 250 g/mol. The van der Waals surface area contributed by atoms with Crippen molar-refractivity contribution in [3.8, 4) is 10.6 Å². The summed E-state index contributed by atoms with van der Waals surface area (Å²) in [6, 6.07) is 6.78. The Bertz CT molecular complexity index is 533. The van der Waals surface area contributed by atoms with Gasteiger partial charge in [-0.3, -0.25) is 0 Å². The number of hydrogen-bond donors (Lipinski definition) is 0. The smallest absolute Gasteiger partial charge is 0.123 e. The highest BCUT2D eigenvalue weighted by molar-refractivity contribution is 7.13. The number of nitrogens with zero attached hydrogens (tertiary/aromatic N) is 1. The Morgan fingerprint density at radius 1 is 1.18 bits per heavy atom. The molecule has 17 heavy (non-hydrogen) atoms. The number of fused-ring (bicyclic) bond motifs is 1. The molecule has 0 spiro atoms. The summed E-state index contributed by atoms with van der Waals surface area (Å²) in [5, 5.41) is 3.14. The van der Waals surface area contributed by atoms with Crippen molar-refractivity contribution in [3.05, 3.63) is 40.4 Å². The van der Waals surface area contributed by atoms with Crippen LogP contribution in [0, 0.1) is 0 Å². The Morgan fingerprint density at radius 2 is 2.00 bits per heavy atom. The Labute approximate surface area is 110 Å². The molecule has 88 valence electrons. The lowest BCUT2D eigenvalue weighted by Gasteiger charge is -2.15. The molecule has 3 heteroatoms. The van der Waals surface area contributed by atoms with Crippen molar-refractivity contribution in [1.29, 1.82) is 0 Å². The topological polar surface area (TPSA) is 12.9 Å². The highest BCUT2D eigenvalue weighted by Gasteiger charge is 2.11. The molecule has 0 fully saturated rings. The van der Waals surface area contributed by atoms with E-state index in [4.69, 9.17) is 11.6 Å². The number of aromatic nitrogens is 1. The standard InChI is InChI=1S/C14H14ClNS/c15-8-13-9-17-14(16-13)12-6-5-10-3-1-2-4-11(10)7-12/h5-7,9H,1-4,8H2. The van der Waals surface area contributed by atoms with E-state index in [9.17, 15) is 0 Å². The fourth-order valence-electron chi connectivity index (χ4n) is 2.37. The molecule has 0 bridgehead atoms. The quantitative estimate of drug-likeness (QED) is 0.731. The molecular formula is C14H14ClNS. The molecule has 1 nitrogen and oxygen atoms in total. The van der Waals surface area contributed by atoms with Gasteiger partial charge in [-0.15, -0.1) is 22.9 Å². The van der Waals surface area contributed by atoms with Crippen LogP contribution in [-0.2, 0) is 18.7 Å². The van der Waals surface area contributed by atoms with E-state index in [0.29, 0.717) is 5.88 Å². The second-order valence-corrected chi connectivity index (χ2v) is 5.59. The van der Waals surface area contributed by atoms with Crippen LogP contribution < -0.4 is 0 Å². The number of benzene rings is 1. The summed E-state index contributed by atoms with van der Waals surface area (Å²) in [7, 11) is 0. The first-order valence-corrected chi connectivity index (χ1v) is 7.41. The summed E-state index contributed by atoms with van der Waals surface area (Å²) in [4.78, 5) is 4.53. The summed E-state index contributed by atoms with van der Waals surface area (Å²) < 4.78 is 0. The lowest BCUT2D eigenvalue weighted by atomic mass is 9.90. The maximum atomic E-state index is 5.79. The van der Waals surface area contributed by atoms with Crippen LogP contribution in [0.3, 0.4) is 0 Å². The summed E-state index contributed by atoms with van der Waals surface area (Å²) in [5.74, 6) is 0.501. The molecule has 1 aromatic carbocycles. The van der Waals surface area contributed by atoms with Crippen LogP contribution in [0.5, 0.6) is 0 Å². The van der Waals surface area contributed by atoms with Crippen molar-refractivity contribution in [1.82, 2.24) is 4.98 Å². The zero-order valence-electron chi connectivity index (χ0n) is 9.58. The fourth-order valence-corrected chi connectivity index (χ4v) is 3.41. The molecule has 1 aromatic heterocycles. The Morgan fingerprint density at radius 3 is 2.76 bits per heavy atom. The highest BCUT2D eigenvalue weighted by Crippen LogP contribution is 2.29. The minimum atomic E-state index is 0.501. The lowest BCUT2D eigenvalue weighted by molar-refractivity contribution is 0.686. The molecule has 1 aliphatic rings. The number of aryl methyl sites for hydroxylation is 2. The van der Waals surface area contributed by atoms with Crippen molar-refractivity contribution >= 4 is 22.9 Å². The van der Waals surface area contributed by atoms with Crippen molar-refractivity contribution in [3.63, 3.8) is 0 Å². The van der Waals surface area contributed by atoms with Crippen molar-refractivity contribution < 1.29 is 0 Å². The second-order valence-electron chi connectivity index (χ2n) is 4.47. The van der Waals surface area contributed by atoms with E-state index in [1.807, 2.05) is 5.38 Å². The average Bonchev–Trinajstić information content (AvgIpc) is 2.87. The predicted octanol–water partition coefficient (Wildman–Crippen LogP) is 4.43. The van der Waals surface area contributed by atoms with E-state index >= 15 is 0 Å². The van der Waals surface area contributed by atoms with Gasteiger partial charge in [-0.2, -0.15) is 0 Å². The van der Waals surface area contributed by atoms with E-state index in [1.165, 1.54) is 42.4 Å². The molecule has 0 unspecified atom stereocenters. The third-order valence-corrected chi connectivity index (χ3v) is 4.50. The third kappa shape index (κ3) is 2.24. The summed E-state index contributed by atoms with van der Waals surface area (Å²) in [5.41, 5.74) is 5.25. The fraction of sp³-hybridized carbons (Fsp3) is 0.357. The summed E-state index contributed by atoms with van der Waals surface area (Å²) in [6.45, 7) is 0. The minimum absolute atomic E-state index is 0.501. The van der Waals surface area contributed by atoms with Crippen LogP contribution in [-0.4, -0.2) is 4.98 Å². The Kier molecular flexibility index (Phi) is 3.17. The van der Waals surface area contributed by atoms with Gasteiger partial charge >= 0.3 is 0 Å². The van der Waals surface area contributed by atoms with Crippen LogP contribution in [0.2, 0.25) is 0 Å². The second kappa shape index (κ2) is 4.79. The van der Waals surface area contributed by atoms with E-state index in [1.54, 1.807) is 11.3 Å². The Balaban J connectivity index is 1.97. The summed E-state index contributed by atoms with van der Waals surface area (Å²) in [6.07, 6.45) is 5.11. The van der Waals surface area contributed by atoms with Gasteiger partial charge < -0.3 is 0 Å². The van der Waals surface area contributed by atoms with Crippen LogP contribution in [0.4, 0.5) is 0 Å². The molecule has 0 aliphatic heterocycles. The predicted molar refractivity (Wildman–Crippen MR) is 73.7 cm³/mol. The zero-order chi connectivity index (χ0) is 11.7. The highest BCUT2D eigenvalue weighted by atomic mass is 35.5. The van der Waals surface area contributed by atoms with Gasteiger partial charge in [0.05, 0.1) is 11.6 Å². The summed E-state index contributed by atoms with van der Waals surface area (Å²) >= 11 is 7.47. The van der Waals surface area contributed by atoms with Gasteiger partial charge in [0, 0.05) is 10.9 Å².